The molecule has 1 aliphatic carbocycles. The molecule has 0 aromatic heterocycles. The van der Waals surface area contributed by atoms with E-state index >= 15 is 0 Å². The second-order valence-electron chi connectivity index (χ2n) is 5.81. The first kappa shape index (κ1) is 12.2. The fourth-order valence-corrected chi connectivity index (χ4v) is 3.67. The summed E-state index contributed by atoms with van der Waals surface area (Å²) in [6.45, 7) is 2.01. The van der Waals surface area contributed by atoms with Gasteiger partial charge < -0.3 is 4.90 Å². The van der Waals surface area contributed by atoms with Crippen LogP contribution in [0.15, 0.2) is 12.1 Å². The van der Waals surface area contributed by atoms with Crippen molar-refractivity contribution >= 4 is 11.6 Å². The highest BCUT2D eigenvalue weighted by molar-refractivity contribution is 6.08. The van der Waals surface area contributed by atoms with Crippen molar-refractivity contribution < 1.29 is 4.79 Å². The smallest absolute Gasteiger partial charge is 0.237 e. The molecule has 1 aliphatic heterocycles. The summed E-state index contributed by atoms with van der Waals surface area (Å²) in [5.41, 5.74) is 4.51. The molecule has 19 heavy (non-hydrogen) atoms. The molecule has 0 radical (unpaired) electrons. The molecule has 1 amide bonds. The van der Waals surface area contributed by atoms with E-state index in [0.717, 1.165) is 18.5 Å². The van der Waals surface area contributed by atoms with E-state index in [4.69, 9.17) is 5.26 Å². The number of nitrogens with zero attached hydrogens (tertiary/aromatic N) is 2. The van der Waals surface area contributed by atoms with Crippen LogP contribution in [0.3, 0.4) is 0 Å². The zero-order valence-electron chi connectivity index (χ0n) is 11.5. The number of amides is 1. The number of rotatable bonds is 2. The predicted molar refractivity (Wildman–Crippen MR) is 74.1 cm³/mol. The summed E-state index contributed by atoms with van der Waals surface area (Å²) in [4.78, 5) is 14.4. The van der Waals surface area contributed by atoms with Gasteiger partial charge in [-0.15, -0.1) is 0 Å². The van der Waals surface area contributed by atoms with Gasteiger partial charge >= 0.3 is 0 Å². The molecule has 3 rings (SSSR count). The Morgan fingerprint density at radius 2 is 2.21 bits per heavy atom. The number of carbonyl (C=O) groups is 1. The first-order valence-electron chi connectivity index (χ1n) is 6.90. The Bertz CT molecular complexity index is 600. The second-order valence-corrected chi connectivity index (χ2v) is 5.81. The maximum atomic E-state index is 12.6. The van der Waals surface area contributed by atoms with E-state index in [1.807, 2.05) is 14.0 Å². The fraction of sp³-hybridized carbons (Fsp3) is 0.500. The van der Waals surface area contributed by atoms with E-state index in [1.165, 1.54) is 23.1 Å². The zero-order valence-corrected chi connectivity index (χ0v) is 11.5. The Balaban J connectivity index is 2.19. The third kappa shape index (κ3) is 1.53. The molecule has 1 aromatic carbocycles. The van der Waals surface area contributed by atoms with Gasteiger partial charge in [-0.3, -0.25) is 4.79 Å². The number of likely N-dealkylation sites (N-methyl/N-ethyl adjacent to an activating group) is 1. The molecule has 1 heterocycles. The van der Waals surface area contributed by atoms with Crippen molar-refractivity contribution in [3.8, 4) is 6.07 Å². The van der Waals surface area contributed by atoms with Gasteiger partial charge in [-0.25, -0.2) is 0 Å². The summed E-state index contributed by atoms with van der Waals surface area (Å²) in [6, 6.07) is 6.43. The number of aryl methyl sites for hydroxylation is 1. The summed E-state index contributed by atoms with van der Waals surface area (Å²) >= 11 is 0. The average molecular weight is 254 g/mol. The van der Waals surface area contributed by atoms with Crippen LogP contribution in [0.5, 0.6) is 0 Å². The van der Waals surface area contributed by atoms with Crippen molar-refractivity contribution in [1.82, 2.24) is 0 Å². The number of carbonyl (C=O) groups excluding carboxylic acids is 1. The van der Waals surface area contributed by atoms with Crippen LogP contribution in [-0.4, -0.2) is 13.0 Å². The Hall–Kier alpha value is -1.82. The van der Waals surface area contributed by atoms with Crippen molar-refractivity contribution in [3.05, 3.63) is 28.8 Å². The van der Waals surface area contributed by atoms with Gasteiger partial charge in [0.2, 0.25) is 5.91 Å². The van der Waals surface area contributed by atoms with Gasteiger partial charge in [-0.05, 0) is 55.4 Å². The quantitative estimate of drug-likeness (QED) is 0.814. The molecule has 3 nitrogen and oxygen atoms in total. The Labute approximate surface area is 113 Å². The van der Waals surface area contributed by atoms with Crippen molar-refractivity contribution in [3.63, 3.8) is 0 Å². The molecule has 0 saturated heterocycles. The molecular weight excluding hydrogens is 236 g/mol. The largest absolute Gasteiger partial charge is 0.314 e. The van der Waals surface area contributed by atoms with Gasteiger partial charge in [0, 0.05) is 19.2 Å². The van der Waals surface area contributed by atoms with Gasteiger partial charge in [0.15, 0.2) is 0 Å². The summed E-state index contributed by atoms with van der Waals surface area (Å²) in [7, 11) is 1.85. The lowest BCUT2D eigenvalue weighted by Crippen LogP contribution is -2.36. The summed E-state index contributed by atoms with van der Waals surface area (Å²) in [5.74, 6) is 0.137. The van der Waals surface area contributed by atoms with Crippen LogP contribution in [0.1, 0.15) is 42.9 Å². The Morgan fingerprint density at radius 1 is 1.42 bits per heavy atom. The molecule has 98 valence electrons. The molecule has 1 atom stereocenters. The lowest BCUT2D eigenvalue weighted by molar-refractivity contribution is -0.122. The first-order valence-corrected chi connectivity index (χ1v) is 6.90. The molecule has 0 spiro atoms. The van der Waals surface area contributed by atoms with Gasteiger partial charge in [-0.1, -0.05) is 6.07 Å². The number of anilines is 1. The molecular formula is C16H18N2O. The Morgan fingerprint density at radius 3 is 2.95 bits per heavy atom. The predicted octanol–water partition coefficient (Wildman–Crippen LogP) is 2.71. The number of nitriles is 1. The van der Waals surface area contributed by atoms with Crippen LogP contribution < -0.4 is 4.90 Å². The van der Waals surface area contributed by atoms with E-state index in [-0.39, 0.29) is 5.91 Å². The molecule has 1 unspecified atom stereocenters. The third-order valence-electron chi connectivity index (χ3n) is 4.69. The lowest BCUT2D eigenvalue weighted by Gasteiger charge is -2.23. The minimum atomic E-state index is -0.504. The van der Waals surface area contributed by atoms with Crippen molar-refractivity contribution in [1.29, 1.82) is 5.26 Å². The topological polar surface area (TPSA) is 44.1 Å². The molecule has 1 aromatic rings. The van der Waals surface area contributed by atoms with E-state index in [2.05, 4.69) is 18.2 Å². The number of fused-ring (bicyclic) bond motifs is 3. The van der Waals surface area contributed by atoms with Gasteiger partial charge in [0.05, 0.1) is 11.5 Å². The number of benzene rings is 1. The summed E-state index contributed by atoms with van der Waals surface area (Å²) in [6.07, 6.45) is 4.42. The standard InChI is InChI=1S/C16H18N2O/c1-16(9-4-10-17)14-12-6-3-5-11(12)7-8-13(14)18(2)15(16)19/h7-8H,3-6,9H2,1-2H3. The molecule has 0 saturated carbocycles. The minimum absolute atomic E-state index is 0.137. The van der Waals surface area contributed by atoms with E-state index in [9.17, 15) is 4.79 Å². The van der Waals surface area contributed by atoms with E-state index in [1.54, 1.807) is 4.90 Å². The first-order chi connectivity index (χ1) is 9.09. The van der Waals surface area contributed by atoms with Crippen LogP contribution in [0.25, 0.3) is 0 Å². The minimum Gasteiger partial charge on any atom is -0.314 e. The van der Waals surface area contributed by atoms with Gasteiger partial charge in [-0.2, -0.15) is 5.26 Å². The third-order valence-corrected chi connectivity index (χ3v) is 4.69. The van der Waals surface area contributed by atoms with Crippen LogP contribution in [0, 0.1) is 11.3 Å². The maximum Gasteiger partial charge on any atom is 0.237 e. The summed E-state index contributed by atoms with van der Waals surface area (Å²) in [5, 5.41) is 8.86. The maximum absolute atomic E-state index is 12.6. The van der Waals surface area contributed by atoms with Gasteiger partial charge in [0.1, 0.15) is 0 Å². The highest BCUT2D eigenvalue weighted by Crippen LogP contribution is 2.48. The SMILES string of the molecule is CN1C(=O)C(C)(CCC#N)c2c1ccc1c2CCC1. The molecule has 0 bridgehead atoms. The number of hydrogen-bond donors (Lipinski definition) is 0. The molecule has 2 aliphatic rings. The van der Waals surface area contributed by atoms with E-state index in [0.29, 0.717) is 12.8 Å². The highest BCUT2D eigenvalue weighted by Gasteiger charge is 2.47. The fourth-order valence-electron chi connectivity index (χ4n) is 3.67. The van der Waals surface area contributed by atoms with Gasteiger partial charge in [0.25, 0.3) is 0 Å². The van der Waals surface area contributed by atoms with Crippen LogP contribution in [0.4, 0.5) is 5.69 Å². The van der Waals surface area contributed by atoms with E-state index < -0.39 is 5.41 Å². The monoisotopic (exact) mass is 254 g/mol. The van der Waals surface area contributed by atoms with Crippen molar-refractivity contribution in [2.24, 2.45) is 0 Å². The second kappa shape index (κ2) is 4.09. The lowest BCUT2D eigenvalue weighted by atomic mass is 9.77. The molecule has 0 N–H and O–H groups in total. The van der Waals surface area contributed by atoms with Crippen LogP contribution in [0.2, 0.25) is 0 Å². The average Bonchev–Trinajstić information content (AvgIpc) is 2.95. The molecule has 3 heteroatoms. The Kier molecular flexibility index (Phi) is 2.63. The van der Waals surface area contributed by atoms with Crippen molar-refractivity contribution in [2.45, 2.75) is 44.4 Å². The zero-order chi connectivity index (χ0) is 13.6. The number of hydrogen-bond acceptors (Lipinski definition) is 2. The van der Waals surface area contributed by atoms with Crippen LogP contribution >= 0.6 is 0 Å². The van der Waals surface area contributed by atoms with Crippen molar-refractivity contribution in [2.75, 3.05) is 11.9 Å². The molecule has 0 fully saturated rings. The normalized spacial score (nSPS) is 24.3. The summed E-state index contributed by atoms with van der Waals surface area (Å²) < 4.78 is 0. The highest BCUT2D eigenvalue weighted by atomic mass is 16.2. The van der Waals surface area contributed by atoms with Crippen LogP contribution in [-0.2, 0) is 23.1 Å².